The van der Waals surface area contributed by atoms with Crippen LogP contribution in [0, 0.1) is 0 Å². The second-order valence-electron chi connectivity index (χ2n) is 5.69. The topological polar surface area (TPSA) is 78.9 Å². The fourth-order valence-electron chi connectivity index (χ4n) is 2.73. The van der Waals surface area contributed by atoms with Crippen LogP contribution in [0.15, 0.2) is 53.1 Å². The van der Waals surface area contributed by atoms with Crippen molar-refractivity contribution in [2.45, 2.75) is 13.3 Å². The fraction of sp³-hybridized carbons (Fsp3) is 0.158. The largest absolute Gasteiger partial charge is 0.496 e. The molecule has 4 rings (SSSR count). The van der Waals surface area contributed by atoms with Gasteiger partial charge in [0.05, 0.1) is 23.4 Å². The van der Waals surface area contributed by atoms with Crippen molar-refractivity contribution in [3.63, 3.8) is 0 Å². The van der Waals surface area contributed by atoms with Gasteiger partial charge in [0, 0.05) is 6.42 Å². The molecule has 136 valence electrons. The average molecular weight is 382 g/mol. The highest BCUT2D eigenvalue weighted by Crippen LogP contribution is 2.29. The summed E-state index contributed by atoms with van der Waals surface area (Å²) < 4.78 is 12.4. The van der Waals surface area contributed by atoms with Crippen molar-refractivity contribution in [3.05, 3.63) is 59.4 Å². The summed E-state index contributed by atoms with van der Waals surface area (Å²) in [6.45, 7) is 2.00. The third-order valence-corrected chi connectivity index (χ3v) is 4.36. The Balaban J connectivity index is 1.75. The Labute approximate surface area is 160 Å². The predicted molar refractivity (Wildman–Crippen MR) is 101 cm³/mol. The minimum absolute atomic E-state index is 0.233. The summed E-state index contributed by atoms with van der Waals surface area (Å²) >= 11 is 6.31. The molecule has 0 atom stereocenters. The van der Waals surface area contributed by atoms with E-state index in [4.69, 9.17) is 20.9 Å². The maximum Gasteiger partial charge on any atom is 0.297 e. The first kappa shape index (κ1) is 17.2. The molecule has 0 aliphatic carbocycles. The molecule has 0 bridgehead atoms. The number of aromatic nitrogens is 5. The Hall–Kier alpha value is -3.19. The van der Waals surface area contributed by atoms with E-state index in [1.165, 1.54) is 0 Å². The van der Waals surface area contributed by atoms with Gasteiger partial charge < -0.3 is 9.26 Å². The summed E-state index contributed by atoms with van der Waals surface area (Å²) in [4.78, 5) is 8.97. The highest BCUT2D eigenvalue weighted by molar-refractivity contribution is 6.32. The molecule has 0 radical (unpaired) electrons. The summed E-state index contributed by atoms with van der Waals surface area (Å²) in [5.74, 6) is 2.40. The van der Waals surface area contributed by atoms with E-state index >= 15 is 0 Å². The number of benzene rings is 2. The molecule has 0 unspecified atom stereocenters. The van der Waals surface area contributed by atoms with Crippen LogP contribution >= 0.6 is 11.6 Å². The summed E-state index contributed by atoms with van der Waals surface area (Å²) in [7, 11) is 1.60. The standard InChI is InChI=1S/C19H16ClN5O2/c1-3-16-21-18(23-25(16)14-10-6-5-9-13(14)20)19-22-17(24-27-19)12-8-4-7-11-15(12)26-2/h4-11H,3H2,1-2H3. The second kappa shape index (κ2) is 7.20. The summed E-state index contributed by atoms with van der Waals surface area (Å²) in [5.41, 5.74) is 1.48. The van der Waals surface area contributed by atoms with Gasteiger partial charge in [0.2, 0.25) is 11.6 Å². The molecule has 8 heteroatoms. The number of hydrogen-bond acceptors (Lipinski definition) is 6. The van der Waals surface area contributed by atoms with E-state index < -0.39 is 0 Å². The van der Waals surface area contributed by atoms with Gasteiger partial charge in [-0.1, -0.05) is 47.9 Å². The average Bonchev–Trinajstić information content (AvgIpc) is 3.35. The fourth-order valence-corrected chi connectivity index (χ4v) is 2.95. The van der Waals surface area contributed by atoms with Crippen LogP contribution in [0.1, 0.15) is 12.7 Å². The van der Waals surface area contributed by atoms with Gasteiger partial charge in [0.25, 0.3) is 5.89 Å². The van der Waals surface area contributed by atoms with Gasteiger partial charge in [-0.3, -0.25) is 0 Å². The SMILES string of the molecule is CCc1nc(-c2nc(-c3ccccc3OC)no2)nn1-c1ccccc1Cl. The van der Waals surface area contributed by atoms with E-state index in [2.05, 4.69) is 20.2 Å². The van der Waals surface area contributed by atoms with Gasteiger partial charge in [-0.05, 0) is 24.3 Å². The summed E-state index contributed by atoms with van der Waals surface area (Å²) in [6, 6.07) is 14.9. The maximum atomic E-state index is 6.31. The maximum absolute atomic E-state index is 6.31. The molecular formula is C19H16ClN5O2. The third kappa shape index (κ3) is 3.17. The van der Waals surface area contributed by atoms with Crippen molar-refractivity contribution < 1.29 is 9.26 Å². The molecule has 27 heavy (non-hydrogen) atoms. The Morgan fingerprint density at radius 2 is 1.81 bits per heavy atom. The van der Waals surface area contributed by atoms with Crippen LogP contribution in [-0.2, 0) is 6.42 Å². The molecule has 2 aromatic carbocycles. The van der Waals surface area contributed by atoms with Crippen molar-refractivity contribution in [1.29, 1.82) is 0 Å². The van der Waals surface area contributed by atoms with Crippen molar-refractivity contribution in [2.75, 3.05) is 7.11 Å². The molecule has 0 fully saturated rings. The Morgan fingerprint density at radius 3 is 2.59 bits per heavy atom. The van der Waals surface area contributed by atoms with Crippen molar-refractivity contribution in [2.24, 2.45) is 0 Å². The van der Waals surface area contributed by atoms with E-state index in [0.29, 0.717) is 28.8 Å². The molecule has 0 aliphatic heterocycles. The van der Waals surface area contributed by atoms with Crippen LogP contribution in [0.5, 0.6) is 5.75 Å². The van der Waals surface area contributed by atoms with Crippen molar-refractivity contribution in [3.8, 4) is 34.5 Å². The zero-order chi connectivity index (χ0) is 18.8. The molecule has 0 spiro atoms. The Kier molecular flexibility index (Phi) is 4.60. The molecule has 0 amide bonds. The molecule has 0 saturated heterocycles. The second-order valence-corrected chi connectivity index (χ2v) is 6.10. The Bertz CT molecular complexity index is 1090. The number of para-hydroxylation sites is 2. The van der Waals surface area contributed by atoms with Gasteiger partial charge in [-0.15, -0.1) is 5.10 Å². The zero-order valence-electron chi connectivity index (χ0n) is 14.8. The van der Waals surface area contributed by atoms with Gasteiger partial charge in [0.15, 0.2) is 0 Å². The highest BCUT2D eigenvalue weighted by atomic mass is 35.5. The third-order valence-electron chi connectivity index (χ3n) is 4.04. The minimum Gasteiger partial charge on any atom is -0.496 e. The summed E-state index contributed by atoms with van der Waals surface area (Å²) in [5, 5.41) is 9.16. The lowest BCUT2D eigenvalue weighted by atomic mass is 10.2. The van der Waals surface area contributed by atoms with Crippen molar-refractivity contribution in [1.82, 2.24) is 24.9 Å². The van der Waals surface area contributed by atoms with Crippen LogP contribution in [0.4, 0.5) is 0 Å². The lowest BCUT2D eigenvalue weighted by Crippen LogP contribution is -2.02. The zero-order valence-corrected chi connectivity index (χ0v) is 15.5. The lowest BCUT2D eigenvalue weighted by molar-refractivity contribution is 0.413. The first-order valence-electron chi connectivity index (χ1n) is 8.39. The molecule has 0 saturated carbocycles. The molecule has 7 nitrogen and oxygen atoms in total. The van der Waals surface area contributed by atoms with Crippen LogP contribution in [-0.4, -0.2) is 32.0 Å². The molecule has 4 aromatic rings. The Morgan fingerprint density at radius 1 is 1.04 bits per heavy atom. The molecule has 2 heterocycles. The van der Waals surface area contributed by atoms with Gasteiger partial charge >= 0.3 is 0 Å². The number of hydrogen-bond donors (Lipinski definition) is 0. The van der Waals surface area contributed by atoms with E-state index in [-0.39, 0.29) is 5.89 Å². The number of halogens is 1. The predicted octanol–water partition coefficient (Wildman–Crippen LogP) is 4.21. The number of rotatable bonds is 5. The van der Waals surface area contributed by atoms with Crippen molar-refractivity contribution >= 4 is 11.6 Å². The highest BCUT2D eigenvalue weighted by Gasteiger charge is 2.20. The first-order valence-corrected chi connectivity index (χ1v) is 8.77. The summed E-state index contributed by atoms with van der Waals surface area (Å²) in [6.07, 6.45) is 0.672. The van der Waals surface area contributed by atoms with E-state index in [1.54, 1.807) is 11.8 Å². The minimum atomic E-state index is 0.233. The van der Waals surface area contributed by atoms with E-state index in [0.717, 1.165) is 17.1 Å². The number of aryl methyl sites for hydroxylation is 1. The van der Waals surface area contributed by atoms with Crippen LogP contribution in [0.3, 0.4) is 0 Å². The normalized spacial score (nSPS) is 10.9. The molecule has 0 N–H and O–H groups in total. The van der Waals surface area contributed by atoms with Crippen LogP contribution in [0.25, 0.3) is 28.8 Å². The van der Waals surface area contributed by atoms with Crippen LogP contribution in [0.2, 0.25) is 5.02 Å². The number of methoxy groups -OCH3 is 1. The van der Waals surface area contributed by atoms with Gasteiger partial charge in [0.1, 0.15) is 11.6 Å². The monoisotopic (exact) mass is 381 g/mol. The molecular weight excluding hydrogens is 366 g/mol. The van der Waals surface area contributed by atoms with Crippen LogP contribution < -0.4 is 4.74 Å². The lowest BCUT2D eigenvalue weighted by Gasteiger charge is -2.05. The number of ether oxygens (including phenoxy) is 1. The number of nitrogens with zero attached hydrogens (tertiary/aromatic N) is 5. The van der Waals surface area contributed by atoms with Gasteiger partial charge in [-0.25, -0.2) is 9.67 Å². The molecule has 0 aliphatic rings. The van der Waals surface area contributed by atoms with E-state index in [9.17, 15) is 0 Å². The van der Waals surface area contributed by atoms with E-state index in [1.807, 2.05) is 55.5 Å². The first-order chi connectivity index (χ1) is 13.2. The smallest absolute Gasteiger partial charge is 0.297 e. The quantitative estimate of drug-likeness (QED) is 0.515. The van der Waals surface area contributed by atoms with Gasteiger partial charge in [-0.2, -0.15) is 4.98 Å². The molecule has 2 aromatic heterocycles.